The monoisotopic (exact) mass is 299 g/mol. The van der Waals surface area contributed by atoms with Crippen molar-refractivity contribution in [2.75, 3.05) is 26.8 Å². The maximum atomic E-state index is 5.97. The first-order valence-corrected chi connectivity index (χ1v) is 7.50. The minimum Gasteiger partial charge on any atom is -0.481 e. The molecule has 1 aromatic carbocycles. The second kappa shape index (κ2) is 6.85. The van der Waals surface area contributed by atoms with Gasteiger partial charge in [0.15, 0.2) is 0 Å². The van der Waals surface area contributed by atoms with Gasteiger partial charge in [-0.1, -0.05) is 24.3 Å². The molecule has 5 heteroatoms. The molecule has 1 saturated heterocycles. The minimum absolute atomic E-state index is 0.116. The van der Waals surface area contributed by atoms with Crippen molar-refractivity contribution in [1.82, 2.24) is 14.9 Å². The van der Waals surface area contributed by atoms with Crippen LogP contribution in [0.25, 0.3) is 0 Å². The lowest BCUT2D eigenvalue weighted by molar-refractivity contribution is -0.0334. The Bertz CT molecular complexity index is 633. The van der Waals surface area contributed by atoms with Crippen LogP contribution < -0.4 is 4.74 Å². The summed E-state index contributed by atoms with van der Waals surface area (Å²) in [4.78, 5) is 10.6. The molecular weight excluding hydrogens is 278 g/mol. The highest BCUT2D eigenvalue weighted by atomic mass is 16.5. The number of aryl methyl sites for hydroxylation is 1. The van der Waals surface area contributed by atoms with Gasteiger partial charge in [-0.25, -0.2) is 9.97 Å². The van der Waals surface area contributed by atoms with E-state index in [2.05, 4.69) is 46.1 Å². The zero-order valence-electron chi connectivity index (χ0n) is 13.0. The van der Waals surface area contributed by atoms with Crippen LogP contribution >= 0.6 is 0 Å². The highest BCUT2D eigenvalue weighted by molar-refractivity contribution is 5.28. The molecule has 0 N–H and O–H groups in total. The highest BCUT2D eigenvalue weighted by Gasteiger charge is 2.24. The largest absolute Gasteiger partial charge is 0.481 e. The zero-order chi connectivity index (χ0) is 15.4. The predicted octanol–water partition coefficient (Wildman–Crippen LogP) is 2.37. The van der Waals surface area contributed by atoms with Crippen LogP contribution in [0.1, 0.15) is 22.8 Å². The van der Waals surface area contributed by atoms with Gasteiger partial charge >= 0.3 is 0 Å². The van der Waals surface area contributed by atoms with Gasteiger partial charge in [0.1, 0.15) is 6.33 Å². The van der Waals surface area contributed by atoms with Crippen molar-refractivity contribution in [3.8, 4) is 5.88 Å². The standard InChI is InChI=1S/C17H21N3O2/c1-13-5-3-4-6-15(13)16-11-20(7-8-22-16)10-14-9-18-12-19-17(14)21-2/h3-6,9,12,16H,7-8,10-11H2,1-2H3. The first-order valence-electron chi connectivity index (χ1n) is 7.50. The predicted molar refractivity (Wildman–Crippen MR) is 83.7 cm³/mol. The Labute approximate surface area is 130 Å². The lowest BCUT2D eigenvalue weighted by Gasteiger charge is -2.33. The third-order valence-electron chi connectivity index (χ3n) is 4.02. The molecule has 1 aromatic heterocycles. The van der Waals surface area contributed by atoms with Gasteiger partial charge in [-0.15, -0.1) is 0 Å². The van der Waals surface area contributed by atoms with Crippen LogP contribution in [0.15, 0.2) is 36.8 Å². The Morgan fingerprint density at radius 1 is 1.36 bits per heavy atom. The fraction of sp³-hybridized carbons (Fsp3) is 0.412. The topological polar surface area (TPSA) is 47.5 Å². The van der Waals surface area contributed by atoms with E-state index < -0.39 is 0 Å². The number of ether oxygens (including phenoxy) is 2. The van der Waals surface area contributed by atoms with E-state index in [1.54, 1.807) is 7.11 Å². The van der Waals surface area contributed by atoms with Crippen LogP contribution in [0.4, 0.5) is 0 Å². The van der Waals surface area contributed by atoms with Gasteiger partial charge in [-0.2, -0.15) is 0 Å². The Morgan fingerprint density at radius 3 is 3.05 bits per heavy atom. The summed E-state index contributed by atoms with van der Waals surface area (Å²) in [6, 6.07) is 8.41. The molecule has 116 valence electrons. The Kier molecular flexibility index (Phi) is 4.65. The molecule has 0 amide bonds. The van der Waals surface area contributed by atoms with Crippen LogP contribution in [-0.2, 0) is 11.3 Å². The number of rotatable bonds is 4. The maximum Gasteiger partial charge on any atom is 0.220 e. The van der Waals surface area contributed by atoms with Crippen LogP contribution in [0, 0.1) is 6.92 Å². The molecule has 22 heavy (non-hydrogen) atoms. The molecule has 1 aliphatic heterocycles. The van der Waals surface area contributed by atoms with Crippen molar-refractivity contribution in [1.29, 1.82) is 0 Å². The summed E-state index contributed by atoms with van der Waals surface area (Å²) in [5.41, 5.74) is 3.55. The highest BCUT2D eigenvalue weighted by Crippen LogP contribution is 2.26. The Hall–Kier alpha value is -1.98. The summed E-state index contributed by atoms with van der Waals surface area (Å²) < 4.78 is 11.3. The summed E-state index contributed by atoms with van der Waals surface area (Å²) in [5.74, 6) is 0.647. The minimum atomic E-state index is 0.116. The Balaban J connectivity index is 1.72. The summed E-state index contributed by atoms with van der Waals surface area (Å²) in [6.45, 7) is 5.40. The van der Waals surface area contributed by atoms with E-state index in [1.165, 1.54) is 17.5 Å². The summed E-state index contributed by atoms with van der Waals surface area (Å²) in [5, 5.41) is 0. The van der Waals surface area contributed by atoms with Gasteiger partial charge < -0.3 is 9.47 Å². The third-order valence-corrected chi connectivity index (χ3v) is 4.02. The summed E-state index contributed by atoms with van der Waals surface area (Å²) in [7, 11) is 1.64. The number of morpholine rings is 1. The summed E-state index contributed by atoms with van der Waals surface area (Å²) in [6.07, 6.45) is 3.45. The first-order chi connectivity index (χ1) is 10.8. The molecule has 1 fully saturated rings. The number of hydrogen-bond donors (Lipinski definition) is 0. The van der Waals surface area contributed by atoms with Gasteiger partial charge in [-0.05, 0) is 18.1 Å². The van der Waals surface area contributed by atoms with Crippen molar-refractivity contribution >= 4 is 0 Å². The molecule has 3 rings (SSSR count). The molecule has 1 unspecified atom stereocenters. The number of benzene rings is 1. The first kappa shape index (κ1) is 14.9. The van der Waals surface area contributed by atoms with E-state index >= 15 is 0 Å². The second-order valence-corrected chi connectivity index (χ2v) is 5.51. The number of hydrogen-bond acceptors (Lipinski definition) is 5. The lowest BCUT2D eigenvalue weighted by Crippen LogP contribution is -2.38. The summed E-state index contributed by atoms with van der Waals surface area (Å²) >= 11 is 0. The molecule has 1 aliphatic rings. The normalized spacial score (nSPS) is 19.1. The van der Waals surface area contributed by atoms with Crippen molar-refractivity contribution in [2.24, 2.45) is 0 Å². The molecule has 0 aliphatic carbocycles. The van der Waals surface area contributed by atoms with Gasteiger partial charge in [0, 0.05) is 31.4 Å². The SMILES string of the molecule is COc1ncncc1CN1CCOC(c2ccccc2C)C1. The third kappa shape index (κ3) is 3.26. The number of nitrogens with zero attached hydrogens (tertiary/aromatic N) is 3. The van der Waals surface area contributed by atoms with Crippen LogP contribution in [-0.4, -0.2) is 41.7 Å². The lowest BCUT2D eigenvalue weighted by atomic mass is 10.0. The van der Waals surface area contributed by atoms with E-state index in [0.29, 0.717) is 5.88 Å². The molecule has 2 heterocycles. The van der Waals surface area contributed by atoms with Crippen molar-refractivity contribution in [2.45, 2.75) is 19.6 Å². The van der Waals surface area contributed by atoms with Crippen molar-refractivity contribution < 1.29 is 9.47 Å². The molecular formula is C17H21N3O2. The molecule has 5 nitrogen and oxygen atoms in total. The van der Waals surface area contributed by atoms with Crippen molar-refractivity contribution in [3.63, 3.8) is 0 Å². The maximum absolute atomic E-state index is 5.97. The fourth-order valence-electron chi connectivity index (χ4n) is 2.86. The van der Waals surface area contributed by atoms with Gasteiger partial charge in [0.2, 0.25) is 5.88 Å². The number of methoxy groups -OCH3 is 1. The van der Waals surface area contributed by atoms with E-state index in [4.69, 9.17) is 9.47 Å². The van der Waals surface area contributed by atoms with E-state index in [0.717, 1.165) is 31.8 Å². The van der Waals surface area contributed by atoms with Crippen LogP contribution in [0.3, 0.4) is 0 Å². The quantitative estimate of drug-likeness (QED) is 0.867. The molecule has 0 saturated carbocycles. The van der Waals surface area contributed by atoms with Crippen LogP contribution in [0.5, 0.6) is 5.88 Å². The smallest absolute Gasteiger partial charge is 0.220 e. The number of aromatic nitrogens is 2. The van der Waals surface area contributed by atoms with E-state index in [-0.39, 0.29) is 6.10 Å². The van der Waals surface area contributed by atoms with E-state index in [9.17, 15) is 0 Å². The van der Waals surface area contributed by atoms with E-state index in [1.807, 2.05) is 6.20 Å². The fourth-order valence-corrected chi connectivity index (χ4v) is 2.86. The van der Waals surface area contributed by atoms with Gasteiger partial charge in [0.05, 0.1) is 19.8 Å². The van der Waals surface area contributed by atoms with Crippen LogP contribution in [0.2, 0.25) is 0 Å². The molecule has 2 aromatic rings. The zero-order valence-corrected chi connectivity index (χ0v) is 13.0. The van der Waals surface area contributed by atoms with Gasteiger partial charge in [-0.3, -0.25) is 4.90 Å². The van der Waals surface area contributed by atoms with Crippen molar-refractivity contribution in [3.05, 3.63) is 53.5 Å². The Morgan fingerprint density at radius 2 is 2.23 bits per heavy atom. The molecule has 0 bridgehead atoms. The average molecular weight is 299 g/mol. The molecule has 0 spiro atoms. The second-order valence-electron chi connectivity index (χ2n) is 5.51. The van der Waals surface area contributed by atoms with Gasteiger partial charge in [0.25, 0.3) is 0 Å². The average Bonchev–Trinajstić information content (AvgIpc) is 2.56. The molecule has 1 atom stereocenters. The molecule has 0 radical (unpaired) electrons.